The third-order valence-corrected chi connectivity index (χ3v) is 25.6. The van der Waals surface area contributed by atoms with Crippen molar-refractivity contribution in [2.24, 2.45) is 17.8 Å². The van der Waals surface area contributed by atoms with Crippen LogP contribution in [0.2, 0.25) is 35.3 Å². The lowest BCUT2D eigenvalue weighted by molar-refractivity contribution is -0.151. The van der Waals surface area contributed by atoms with Gasteiger partial charge in [0.15, 0.2) is 16.6 Å². The molecule has 2 saturated heterocycles. The number of rotatable bonds is 20. The van der Waals surface area contributed by atoms with Crippen LogP contribution in [0, 0.1) is 17.8 Å². The lowest BCUT2D eigenvalue weighted by Crippen LogP contribution is -2.46. The van der Waals surface area contributed by atoms with Crippen molar-refractivity contribution >= 4 is 28.7 Å². The molecular formula is C50H92N2O8Si2. The molecular weight excluding hydrogens is 813 g/mol. The molecule has 2 fully saturated rings. The van der Waals surface area contributed by atoms with Crippen LogP contribution in [-0.4, -0.2) is 119 Å². The Morgan fingerprint density at radius 2 is 1.58 bits per heavy atom. The number of epoxide rings is 1. The van der Waals surface area contributed by atoms with Gasteiger partial charge in [0, 0.05) is 44.0 Å². The maximum Gasteiger partial charge on any atom is 0.410 e. The summed E-state index contributed by atoms with van der Waals surface area (Å²) in [5.74, 6) is -0.223. The third kappa shape index (κ3) is 15.4. The summed E-state index contributed by atoms with van der Waals surface area (Å²) in [4.78, 5) is 31.9. The van der Waals surface area contributed by atoms with Crippen LogP contribution in [-0.2, 0) is 27.9 Å². The van der Waals surface area contributed by atoms with E-state index in [-0.39, 0.29) is 60.7 Å². The summed E-state index contributed by atoms with van der Waals surface area (Å²) >= 11 is 0. The van der Waals surface area contributed by atoms with Crippen molar-refractivity contribution < 1.29 is 37.8 Å². The molecule has 1 N–H and O–H groups in total. The molecule has 358 valence electrons. The van der Waals surface area contributed by atoms with Crippen molar-refractivity contribution in [3.05, 3.63) is 36.0 Å². The van der Waals surface area contributed by atoms with Gasteiger partial charge in [0.25, 0.3) is 0 Å². The minimum atomic E-state index is -2.14. The number of aliphatic hydroxyl groups is 1. The number of amides is 1. The first kappa shape index (κ1) is 54.5. The van der Waals surface area contributed by atoms with Crippen molar-refractivity contribution in [1.82, 2.24) is 9.80 Å². The van der Waals surface area contributed by atoms with Crippen LogP contribution in [0.4, 0.5) is 4.79 Å². The molecule has 12 heteroatoms. The predicted octanol–water partition coefficient (Wildman–Crippen LogP) is 11.5. The smallest absolute Gasteiger partial charge is 0.410 e. The maximum atomic E-state index is 13.9. The summed E-state index contributed by atoms with van der Waals surface area (Å²) < 4.78 is 33.0. The van der Waals surface area contributed by atoms with E-state index in [0.29, 0.717) is 37.0 Å². The Balaban J connectivity index is 1.84. The summed E-state index contributed by atoms with van der Waals surface area (Å²) in [6, 6.07) is 4.18. The molecule has 0 radical (unpaired) electrons. The van der Waals surface area contributed by atoms with Gasteiger partial charge in [-0.05, 0) is 105 Å². The van der Waals surface area contributed by atoms with Gasteiger partial charge in [-0.15, -0.1) is 0 Å². The molecule has 0 spiro atoms. The summed E-state index contributed by atoms with van der Waals surface area (Å²) in [6.45, 7) is 36.9. The lowest BCUT2D eigenvalue weighted by Gasteiger charge is -2.39. The molecule has 62 heavy (non-hydrogen) atoms. The summed E-state index contributed by atoms with van der Waals surface area (Å²) in [6.07, 6.45) is 12.3. The first-order valence-corrected chi connectivity index (χ1v) is 29.7. The Labute approximate surface area is 381 Å². The fourth-order valence-electron chi connectivity index (χ4n) is 10.1. The lowest BCUT2D eigenvalue weighted by atomic mass is 9.91. The number of carbonyl (C=O) groups excluding carboxylic acids is 2. The predicted molar refractivity (Wildman–Crippen MR) is 259 cm³/mol. The fraction of sp³-hybridized carbons (Fsp3) is 0.840. The van der Waals surface area contributed by atoms with E-state index in [9.17, 15) is 14.7 Å². The van der Waals surface area contributed by atoms with Crippen LogP contribution in [0.3, 0.4) is 0 Å². The molecule has 0 aromatic rings. The summed E-state index contributed by atoms with van der Waals surface area (Å²) in [5.41, 5.74) is 0.728. The number of allylic oxidation sites excluding steroid dienone is 2. The highest BCUT2D eigenvalue weighted by Crippen LogP contribution is 2.41. The Hall–Kier alpha value is -1.81. The first-order valence-electron chi connectivity index (χ1n) is 24.9. The molecule has 10 unspecified atom stereocenters. The summed E-state index contributed by atoms with van der Waals surface area (Å²) in [5, 5.41) is 11.6. The second-order valence-electron chi connectivity index (χ2n) is 20.0. The Bertz CT molecular complexity index is 1460. The largest absolute Gasteiger partial charge is 0.457 e. The van der Waals surface area contributed by atoms with E-state index in [4.69, 9.17) is 23.1 Å². The zero-order valence-electron chi connectivity index (χ0n) is 42.0. The van der Waals surface area contributed by atoms with E-state index < -0.39 is 34.4 Å². The number of hydrogen-bond acceptors (Lipinski definition) is 9. The van der Waals surface area contributed by atoms with Gasteiger partial charge in [-0.3, -0.25) is 4.79 Å². The third-order valence-electron chi connectivity index (χ3n) is 15.1. The SMILES string of the molecule is CCC(O[Si](CC)(CC)C(C)C)C(C)C1OC1CC(C)(O)C=CC=C(C)C1OC(=O)CC(O[Si](CC)(CC)C(C)C)CCC(C)C(OC(=O)N2CCCN(CC)CC2)C=CC1C. The number of hydrogen-bond donors (Lipinski definition) is 1. The molecule has 0 aromatic heterocycles. The van der Waals surface area contributed by atoms with Gasteiger partial charge < -0.3 is 38.0 Å². The van der Waals surface area contributed by atoms with Gasteiger partial charge in [-0.1, -0.05) is 114 Å². The number of carbonyl (C=O) groups is 2. The topological polar surface area (TPSA) is 110 Å². The van der Waals surface area contributed by atoms with Crippen LogP contribution in [0.15, 0.2) is 36.0 Å². The number of cyclic esters (lactones) is 1. The van der Waals surface area contributed by atoms with E-state index in [0.717, 1.165) is 68.6 Å². The normalized spacial score (nSPS) is 28.5. The van der Waals surface area contributed by atoms with Gasteiger partial charge in [0.2, 0.25) is 0 Å². The van der Waals surface area contributed by atoms with Crippen molar-refractivity contribution in [3.63, 3.8) is 0 Å². The highest BCUT2D eigenvalue weighted by atomic mass is 28.4. The van der Waals surface area contributed by atoms with E-state index >= 15 is 0 Å². The monoisotopic (exact) mass is 905 g/mol. The molecule has 3 heterocycles. The van der Waals surface area contributed by atoms with Gasteiger partial charge in [-0.25, -0.2) is 4.79 Å². The molecule has 1 amide bonds. The van der Waals surface area contributed by atoms with Crippen molar-refractivity contribution in [1.29, 1.82) is 0 Å². The minimum Gasteiger partial charge on any atom is -0.457 e. The van der Waals surface area contributed by atoms with Gasteiger partial charge >= 0.3 is 12.1 Å². The zero-order valence-corrected chi connectivity index (χ0v) is 44.0. The van der Waals surface area contributed by atoms with Gasteiger partial charge in [0.05, 0.1) is 30.3 Å². The number of ether oxygens (including phenoxy) is 3. The molecule has 0 saturated carbocycles. The summed E-state index contributed by atoms with van der Waals surface area (Å²) in [7, 11) is -3.99. The second kappa shape index (κ2) is 25.2. The second-order valence-corrected chi connectivity index (χ2v) is 29.9. The van der Waals surface area contributed by atoms with E-state index in [1.807, 2.05) is 56.1 Å². The molecule has 10 nitrogen and oxygen atoms in total. The molecule has 0 aliphatic carbocycles. The molecule has 10 atom stereocenters. The van der Waals surface area contributed by atoms with Crippen LogP contribution >= 0.6 is 0 Å². The standard InChI is InChI=1S/C50H92N2O8Si2/c1-16-43(60-62(20-5,21-6)37(9)10)41(14)48-45(56-48)35-50(15,55)29-22-24-39(12)47-40(13)26-28-44(57-49(54)52-31-23-30-51(17-2)32-33-52)38(11)25-27-42(34-46(53)58-47)59-61(18-3,19-4)36(7)8/h22,24,26,28-29,36-38,40-45,47-48,55H,16-21,23,25,27,30-35H2,1-15H3. The van der Waals surface area contributed by atoms with Crippen LogP contribution < -0.4 is 0 Å². The average molecular weight is 905 g/mol. The fourth-order valence-corrected chi connectivity index (χ4v) is 17.4. The first-order chi connectivity index (χ1) is 29.2. The Morgan fingerprint density at radius 3 is 2.16 bits per heavy atom. The van der Waals surface area contributed by atoms with Gasteiger partial charge in [-0.2, -0.15) is 0 Å². The Morgan fingerprint density at radius 1 is 0.935 bits per heavy atom. The van der Waals surface area contributed by atoms with Crippen molar-refractivity contribution in [2.45, 2.75) is 220 Å². The van der Waals surface area contributed by atoms with Crippen LogP contribution in [0.5, 0.6) is 0 Å². The van der Waals surface area contributed by atoms with Crippen molar-refractivity contribution in [3.8, 4) is 0 Å². The van der Waals surface area contributed by atoms with E-state index in [1.54, 1.807) is 0 Å². The molecule has 0 bridgehead atoms. The number of nitrogens with zero attached hydrogens (tertiary/aromatic N) is 2. The molecule has 0 aromatic carbocycles. The highest BCUT2D eigenvalue weighted by molar-refractivity contribution is 6.75. The van der Waals surface area contributed by atoms with Crippen LogP contribution in [0.25, 0.3) is 0 Å². The minimum absolute atomic E-state index is 0.0169. The van der Waals surface area contributed by atoms with E-state index in [1.165, 1.54) is 0 Å². The zero-order chi connectivity index (χ0) is 46.4. The quantitative estimate of drug-likeness (QED) is 0.0420. The maximum absolute atomic E-state index is 13.9. The molecule has 3 aliphatic rings. The molecule has 3 aliphatic heterocycles. The number of esters is 1. The van der Waals surface area contributed by atoms with Crippen molar-refractivity contribution in [2.75, 3.05) is 32.7 Å². The number of likely N-dealkylation sites (N-methyl/N-ethyl adjacent to an activating group) is 1. The average Bonchev–Trinajstić information content (AvgIpc) is 4.04. The Kier molecular flexibility index (Phi) is 22.2. The van der Waals surface area contributed by atoms with Gasteiger partial charge in [0.1, 0.15) is 12.2 Å². The molecule has 3 rings (SSSR count). The highest BCUT2D eigenvalue weighted by Gasteiger charge is 2.49. The van der Waals surface area contributed by atoms with E-state index in [2.05, 4.69) is 88.0 Å². The van der Waals surface area contributed by atoms with Crippen LogP contribution in [0.1, 0.15) is 142 Å².